The SMILES string of the molecule is Cc1cc(I)c2c(c1)CCCC2=O. The molecule has 13 heavy (non-hydrogen) atoms. The molecule has 0 N–H and O–H groups in total. The summed E-state index contributed by atoms with van der Waals surface area (Å²) in [6.07, 6.45) is 2.82. The van der Waals surface area contributed by atoms with Crippen LogP contribution in [-0.2, 0) is 6.42 Å². The van der Waals surface area contributed by atoms with Gasteiger partial charge >= 0.3 is 0 Å². The number of fused-ring (bicyclic) bond motifs is 1. The molecule has 1 aliphatic rings. The van der Waals surface area contributed by atoms with Gasteiger partial charge in [0.1, 0.15) is 0 Å². The number of hydrogen-bond donors (Lipinski definition) is 0. The van der Waals surface area contributed by atoms with E-state index in [1.54, 1.807) is 0 Å². The first-order valence-electron chi connectivity index (χ1n) is 4.50. The molecule has 2 rings (SSSR count). The first kappa shape index (κ1) is 9.19. The van der Waals surface area contributed by atoms with Crippen molar-refractivity contribution in [3.05, 3.63) is 32.4 Å². The Bertz CT molecular complexity index is 369. The van der Waals surface area contributed by atoms with Crippen LogP contribution in [0.3, 0.4) is 0 Å². The van der Waals surface area contributed by atoms with Crippen LogP contribution in [-0.4, -0.2) is 5.78 Å². The number of benzene rings is 1. The van der Waals surface area contributed by atoms with Crippen LogP contribution < -0.4 is 0 Å². The molecule has 1 aromatic carbocycles. The fraction of sp³-hybridized carbons (Fsp3) is 0.364. The van der Waals surface area contributed by atoms with Crippen molar-refractivity contribution in [2.75, 3.05) is 0 Å². The summed E-state index contributed by atoms with van der Waals surface area (Å²) < 4.78 is 1.12. The summed E-state index contributed by atoms with van der Waals surface area (Å²) in [7, 11) is 0. The Kier molecular flexibility index (Phi) is 2.41. The van der Waals surface area contributed by atoms with Crippen molar-refractivity contribution in [1.82, 2.24) is 0 Å². The van der Waals surface area contributed by atoms with E-state index in [4.69, 9.17) is 0 Å². The lowest BCUT2D eigenvalue weighted by Gasteiger charge is -2.16. The minimum Gasteiger partial charge on any atom is -0.294 e. The maximum atomic E-state index is 11.6. The summed E-state index contributed by atoms with van der Waals surface area (Å²) >= 11 is 2.26. The zero-order chi connectivity index (χ0) is 9.42. The van der Waals surface area contributed by atoms with Crippen molar-refractivity contribution in [3.63, 3.8) is 0 Å². The summed E-state index contributed by atoms with van der Waals surface area (Å²) in [5, 5.41) is 0. The third-order valence-electron chi connectivity index (χ3n) is 2.45. The third-order valence-corrected chi connectivity index (χ3v) is 3.30. The molecule has 0 heterocycles. The number of carbonyl (C=O) groups is 1. The number of carbonyl (C=O) groups excluding carboxylic acids is 1. The van der Waals surface area contributed by atoms with E-state index < -0.39 is 0 Å². The molecule has 0 aliphatic heterocycles. The average molecular weight is 286 g/mol. The highest BCUT2D eigenvalue weighted by Gasteiger charge is 2.19. The molecule has 0 unspecified atom stereocenters. The predicted octanol–water partition coefficient (Wildman–Crippen LogP) is 3.12. The molecule has 1 aromatic rings. The molecule has 0 atom stereocenters. The van der Waals surface area contributed by atoms with Gasteiger partial charge in [-0.3, -0.25) is 4.79 Å². The summed E-state index contributed by atoms with van der Waals surface area (Å²) in [5.41, 5.74) is 3.50. The Hall–Kier alpha value is -0.380. The quantitative estimate of drug-likeness (QED) is 0.670. The van der Waals surface area contributed by atoms with Crippen molar-refractivity contribution in [2.45, 2.75) is 26.2 Å². The second kappa shape index (κ2) is 3.40. The van der Waals surface area contributed by atoms with Gasteiger partial charge in [-0.1, -0.05) is 6.07 Å². The Balaban J connectivity index is 2.63. The fourth-order valence-corrected chi connectivity index (χ4v) is 3.03. The highest BCUT2D eigenvalue weighted by Crippen LogP contribution is 2.26. The number of hydrogen-bond acceptors (Lipinski definition) is 1. The lowest BCUT2D eigenvalue weighted by molar-refractivity contribution is 0.0971. The molecule has 0 saturated carbocycles. The average Bonchev–Trinajstić information content (AvgIpc) is 2.02. The van der Waals surface area contributed by atoms with Gasteiger partial charge < -0.3 is 0 Å². The molecule has 0 amide bonds. The van der Waals surface area contributed by atoms with E-state index >= 15 is 0 Å². The van der Waals surface area contributed by atoms with E-state index in [1.165, 1.54) is 11.1 Å². The van der Waals surface area contributed by atoms with E-state index in [2.05, 4.69) is 41.6 Å². The fourth-order valence-electron chi connectivity index (χ4n) is 1.89. The molecule has 0 saturated heterocycles. The van der Waals surface area contributed by atoms with Crippen molar-refractivity contribution in [2.24, 2.45) is 0 Å². The third kappa shape index (κ3) is 1.64. The summed E-state index contributed by atoms with van der Waals surface area (Å²) in [6, 6.07) is 4.23. The highest BCUT2D eigenvalue weighted by molar-refractivity contribution is 14.1. The predicted molar refractivity (Wildman–Crippen MR) is 61.2 cm³/mol. The summed E-state index contributed by atoms with van der Waals surface area (Å²) in [5.74, 6) is 0.325. The van der Waals surface area contributed by atoms with Gasteiger partial charge in [-0.15, -0.1) is 0 Å². The maximum Gasteiger partial charge on any atom is 0.164 e. The van der Waals surface area contributed by atoms with Crippen LogP contribution in [0.5, 0.6) is 0 Å². The molecule has 2 heteroatoms. The van der Waals surface area contributed by atoms with Crippen LogP contribution in [0.25, 0.3) is 0 Å². The number of halogens is 1. The van der Waals surface area contributed by atoms with E-state index in [9.17, 15) is 4.79 Å². The van der Waals surface area contributed by atoms with Gasteiger partial charge in [0.25, 0.3) is 0 Å². The Morgan fingerprint density at radius 2 is 2.08 bits per heavy atom. The van der Waals surface area contributed by atoms with Gasteiger partial charge in [-0.2, -0.15) is 0 Å². The molecule has 0 radical (unpaired) electrons. The van der Waals surface area contributed by atoms with Gasteiger partial charge in [-0.25, -0.2) is 0 Å². The van der Waals surface area contributed by atoms with E-state index in [0.29, 0.717) is 5.78 Å². The number of Topliss-reactive ketones (excluding diaryl/α,β-unsaturated/α-hetero) is 1. The summed E-state index contributed by atoms with van der Waals surface area (Å²) in [6.45, 7) is 2.08. The van der Waals surface area contributed by atoms with Gasteiger partial charge in [0.15, 0.2) is 5.78 Å². The molecular formula is C11H11IO. The van der Waals surface area contributed by atoms with Crippen molar-refractivity contribution < 1.29 is 4.79 Å². The minimum absolute atomic E-state index is 0.325. The van der Waals surface area contributed by atoms with Crippen LogP contribution in [0.2, 0.25) is 0 Å². The number of aryl methyl sites for hydroxylation is 2. The monoisotopic (exact) mass is 286 g/mol. The molecule has 0 bridgehead atoms. The zero-order valence-electron chi connectivity index (χ0n) is 7.56. The Labute approximate surface area is 91.7 Å². The minimum atomic E-state index is 0.325. The molecule has 0 aromatic heterocycles. The van der Waals surface area contributed by atoms with Crippen molar-refractivity contribution in [3.8, 4) is 0 Å². The highest BCUT2D eigenvalue weighted by atomic mass is 127. The lowest BCUT2D eigenvalue weighted by Crippen LogP contribution is -2.12. The number of rotatable bonds is 0. The van der Waals surface area contributed by atoms with Crippen molar-refractivity contribution >= 4 is 28.4 Å². The first-order valence-corrected chi connectivity index (χ1v) is 5.58. The van der Waals surface area contributed by atoms with Crippen molar-refractivity contribution in [1.29, 1.82) is 0 Å². The van der Waals surface area contributed by atoms with Gasteiger partial charge in [0.2, 0.25) is 0 Å². The standard InChI is InChI=1S/C11H11IO/c1-7-5-8-3-2-4-10(13)11(8)9(12)6-7/h5-6H,2-4H2,1H3. The first-order chi connectivity index (χ1) is 6.18. The number of ketones is 1. The normalized spacial score (nSPS) is 15.7. The topological polar surface area (TPSA) is 17.1 Å². The molecule has 0 spiro atoms. The van der Waals surface area contributed by atoms with Gasteiger partial charge in [-0.05, 0) is 59.5 Å². The van der Waals surface area contributed by atoms with Gasteiger partial charge in [0, 0.05) is 15.6 Å². The second-order valence-electron chi connectivity index (χ2n) is 3.56. The maximum absolute atomic E-state index is 11.6. The van der Waals surface area contributed by atoms with Gasteiger partial charge in [0.05, 0.1) is 0 Å². The smallest absolute Gasteiger partial charge is 0.164 e. The van der Waals surface area contributed by atoms with Crippen LogP contribution in [0.15, 0.2) is 12.1 Å². The molecule has 1 nitrogen and oxygen atoms in total. The van der Waals surface area contributed by atoms with Crippen LogP contribution >= 0.6 is 22.6 Å². The lowest BCUT2D eigenvalue weighted by atomic mass is 9.90. The Morgan fingerprint density at radius 1 is 1.31 bits per heavy atom. The van der Waals surface area contributed by atoms with E-state index in [1.807, 2.05) is 0 Å². The van der Waals surface area contributed by atoms with Crippen LogP contribution in [0, 0.1) is 10.5 Å². The molecule has 1 aliphatic carbocycles. The Morgan fingerprint density at radius 3 is 2.85 bits per heavy atom. The van der Waals surface area contributed by atoms with E-state index in [0.717, 1.165) is 28.4 Å². The second-order valence-corrected chi connectivity index (χ2v) is 4.72. The largest absolute Gasteiger partial charge is 0.294 e. The summed E-state index contributed by atoms with van der Waals surface area (Å²) in [4.78, 5) is 11.6. The molecular weight excluding hydrogens is 275 g/mol. The molecule has 0 fully saturated rings. The zero-order valence-corrected chi connectivity index (χ0v) is 9.72. The van der Waals surface area contributed by atoms with E-state index in [-0.39, 0.29) is 0 Å². The van der Waals surface area contributed by atoms with Crippen LogP contribution in [0.4, 0.5) is 0 Å². The van der Waals surface area contributed by atoms with Crippen LogP contribution in [0.1, 0.15) is 34.3 Å². The molecule has 68 valence electrons.